The summed E-state index contributed by atoms with van der Waals surface area (Å²) >= 11 is 0. The van der Waals surface area contributed by atoms with Crippen LogP contribution in [0.4, 0.5) is 4.39 Å². The van der Waals surface area contributed by atoms with Crippen molar-refractivity contribution in [2.24, 2.45) is 5.92 Å². The smallest absolute Gasteiger partial charge is 0.229 e. The molecule has 0 heterocycles. The highest BCUT2D eigenvalue weighted by Crippen LogP contribution is 2.33. The molecule has 0 radical (unpaired) electrons. The van der Waals surface area contributed by atoms with Gasteiger partial charge in [-0.1, -0.05) is 18.2 Å². The van der Waals surface area contributed by atoms with Gasteiger partial charge >= 0.3 is 0 Å². The van der Waals surface area contributed by atoms with Crippen molar-refractivity contribution < 1.29 is 14.3 Å². The topological polar surface area (TPSA) is 40.5 Å². The fourth-order valence-corrected chi connectivity index (χ4v) is 2.29. The second-order valence-electron chi connectivity index (χ2n) is 5.37. The predicted molar refractivity (Wildman–Crippen MR) is 71.2 cm³/mol. The zero-order valence-electron chi connectivity index (χ0n) is 11.3. The molecule has 0 aromatic heterocycles. The molecule has 1 saturated carbocycles. The van der Waals surface area contributed by atoms with Gasteiger partial charge in [-0.3, -0.25) is 4.79 Å². The molecule has 2 rings (SSSR count). The second kappa shape index (κ2) is 5.70. The number of amides is 1. The molecule has 1 N–H and O–H groups in total. The molecule has 1 aromatic carbocycles. The maximum Gasteiger partial charge on any atom is 0.229 e. The Hall–Kier alpha value is -1.42. The van der Waals surface area contributed by atoms with Gasteiger partial charge in [0, 0.05) is 13.6 Å². The van der Waals surface area contributed by atoms with Crippen LogP contribution in [-0.4, -0.2) is 35.6 Å². The van der Waals surface area contributed by atoms with E-state index >= 15 is 0 Å². The summed E-state index contributed by atoms with van der Waals surface area (Å²) in [4.78, 5) is 13.7. The summed E-state index contributed by atoms with van der Waals surface area (Å²) < 4.78 is 13.6. The van der Waals surface area contributed by atoms with Gasteiger partial charge in [-0.25, -0.2) is 4.39 Å². The first-order valence-corrected chi connectivity index (χ1v) is 6.68. The van der Waals surface area contributed by atoms with E-state index in [1.54, 1.807) is 32.2 Å². The number of carbonyl (C=O) groups is 1. The first-order valence-electron chi connectivity index (χ1n) is 6.68. The van der Waals surface area contributed by atoms with Crippen molar-refractivity contribution in [2.45, 2.75) is 31.8 Å². The SMILES string of the molecule is CC(C(=O)N(C)CC(O)C1CC1)c1ccccc1F. The lowest BCUT2D eigenvalue weighted by atomic mass is 9.99. The minimum Gasteiger partial charge on any atom is -0.391 e. The van der Waals surface area contributed by atoms with E-state index in [2.05, 4.69) is 0 Å². The van der Waals surface area contributed by atoms with Crippen LogP contribution in [0.15, 0.2) is 24.3 Å². The van der Waals surface area contributed by atoms with Gasteiger partial charge in [0.25, 0.3) is 0 Å². The summed E-state index contributed by atoms with van der Waals surface area (Å²) in [6.45, 7) is 2.02. The van der Waals surface area contributed by atoms with Crippen LogP contribution >= 0.6 is 0 Å². The highest BCUT2D eigenvalue weighted by atomic mass is 19.1. The van der Waals surface area contributed by atoms with Crippen molar-refractivity contribution in [3.8, 4) is 0 Å². The molecule has 4 heteroatoms. The molecule has 0 aliphatic heterocycles. The maximum absolute atomic E-state index is 13.6. The van der Waals surface area contributed by atoms with Gasteiger partial charge in [0.1, 0.15) is 5.82 Å². The Balaban J connectivity index is 2.00. The molecule has 0 bridgehead atoms. The van der Waals surface area contributed by atoms with E-state index < -0.39 is 12.0 Å². The van der Waals surface area contributed by atoms with Crippen molar-refractivity contribution >= 4 is 5.91 Å². The molecular weight excluding hydrogens is 245 g/mol. The Bertz CT molecular complexity index is 459. The summed E-state index contributed by atoms with van der Waals surface area (Å²) in [6.07, 6.45) is 1.61. The Morgan fingerprint density at radius 1 is 1.47 bits per heavy atom. The number of likely N-dealkylation sites (N-methyl/N-ethyl adjacent to an activating group) is 1. The quantitative estimate of drug-likeness (QED) is 0.886. The molecule has 1 aliphatic rings. The Kier molecular flexibility index (Phi) is 4.20. The molecule has 1 aliphatic carbocycles. The fraction of sp³-hybridized carbons (Fsp3) is 0.533. The van der Waals surface area contributed by atoms with Gasteiger partial charge in [0.05, 0.1) is 12.0 Å². The van der Waals surface area contributed by atoms with Crippen LogP contribution in [0.3, 0.4) is 0 Å². The number of hydrogen-bond acceptors (Lipinski definition) is 2. The molecular formula is C15H20FNO2. The lowest BCUT2D eigenvalue weighted by molar-refractivity contribution is -0.132. The molecule has 3 nitrogen and oxygen atoms in total. The number of rotatable bonds is 5. The summed E-state index contributed by atoms with van der Waals surface area (Å²) in [6, 6.07) is 6.32. The standard InChI is InChI=1S/C15H20FNO2/c1-10(12-5-3-4-6-13(12)16)15(19)17(2)9-14(18)11-7-8-11/h3-6,10-11,14,18H,7-9H2,1-2H3. The summed E-state index contributed by atoms with van der Waals surface area (Å²) in [7, 11) is 1.66. The van der Waals surface area contributed by atoms with Crippen LogP contribution in [0, 0.1) is 11.7 Å². The molecule has 104 valence electrons. The molecule has 19 heavy (non-hydrogen) atoms. The van der Waals surface area contributed by atoms with Crippen LogP contribution in [0.2, 0.25) is 0 Å². The minimum atomic E-state index is -0.530. The van der Waals surface area contributed by atoms with E-state index in [0.29, 0.717) is 18.0 Å². The van der Waals surface area contributed by atoms with E-state index in [4.69, 9.17) is 0 Å². The third-order valence-corrected chi connectivity index (χ3v) is 3.75. The number of halogens is 1. The van der Waals surface area contributed by atoms with E-state index in [0.717, 1.165) is 12.8 Å². The average Bonchev–Trinajstić information content (AvgIpc) is 3.21. The monoisotopic (exact) mass is 265 g/mol. The van der Waals surface area contributed by atoms with E-state index in [1.807, 2.05) is 0 Å². The highest BCUT2D eigenvalue weighted by Gasteiger charge is 2.32. The first kappa shape index (κ1) is 14.0. The lowest BCUT2D eigenvalue weighted by Gasteiger charge is -2.24. The third kappa shape index (κ3) is 3.32. The molecule has 0 spiro atoms. The predicted octanol–water partition coefficient (Wildman–Crippen LogP) is 2.16. The number of benzene rings is 1. The first-order chi connectivity index (χ1) is 9.00. The summed E-state index contributed by atoms with van der Waals surface area (Å²) in [5, 5.41) is 9.85. The van der Waals surface area contributed by atoms with Crippen LogP contribution in [0.25, 0.3) is 0 Å². The van der Waals surface area contributed by atoms with Crippen molar-refractivity contribution in [3.05, 3.63) is 35.6 Å². The Labute approximate surface area is 113 Å². The molecule has 1 aromatic rings. The minimum absolute atomic E-state index is 0.162. The molecule has 2 atom stereocenters. The second-order valence-corrected chi connectivity index (χ2v) is 5.37. The van der Waals surface area contributed by atoms with Crippen LogP contribution < -0.4 is 0 Å². The van der Waals surface area contributed by atoms with Crippen molar-refractivity contribution in [2.75, 3.05) is 13.6 Å². The molecule has 0 saturated heterocycles. The van der Waals surface area contributed by atoms with Crippen LogP contribution in [-0.2, 0) is 4.79 Å². The zero-order valence-corrected chi connectivity index (χ0v) is 11.3. The van der Waals surface area contributed by atoms with Gasteiger partial charge in [0.2, 0.25) is 5.91 Å². The van der Waals surface area contributed by atoms with Gasteiger partial charge in [-0.05, 0) is 37.3 Å². The number of hydrogen-bond donors (Lipinski definition) is 1. The van der Waals surface area contributed by atoms with Gasteiger partial charge in [-0.2, -0.15) is 0 Å². The normalized spacial score (nSPS) is 17.9. The van der Waals surface area contributed by atoms with Gasteiger partial charge in [-0.15, -0.1) is 0 Å². The maximum atomic E-state index is 13.6. The van der Waals surface area contributed by atoms with Gasteiger partial charge in [0.15, 0.2) is 0 Å². The number of nitrogens with zero attached hydrogens (tertiary/aromatic N) is 1. The fourth-order valence-electron chi connectivity index (χ4n) is 2.29. The van der Waals surface area contributed by atoms with Crippen LogP contribution in [0.1, 0.15) is 31.2 Å². The molecule has 1 fully saturated rings. The van der Waals surface area contributed by atoms with Crippen molar-refractivity contribution in [3.63, 3.8) is 0 Å². The largest absolute Gasteiger partial charge is 0.391 e. The zero-order chi connectivity index (χ0) is 14.0. The van der Waals surface area contributed by atoms with Crippen molar-refractivity contribution in [1.82, 2.24) is 4.90 Å². The Morgan fingerprint density at radius 3 is 2.68 bits per heavy atom. The van der Waals surface area contributed by atoms with Crippen molar-refractivity contribution in [1.29, 1.82) is 0 Å². The summed E-state index contributed by atoms with van der Waals surface area (Å²) in [5.74, 6) is -0.721. The molecule has 1 amide bonds. The lowest BCUT2D eigenvalue weighted by Crippen LogP contribution is -2.37. The number of carbonyl (C=O) groups excluding carboxylic acids is 1. The van der Waals surface area contributed by atoms with Crippen LogP contribution in [0.5, 0.6) is 0 Å². The van der Waals surface area contributed by atoms with E-state index in [-0.39, 0.29) is 11.7 Å². The Morgan fingerprint density at radius 2 is 2.11 bits per heavy atom. The van der Waals surface area contributed by atoms with E-state index in [1.165, 1.54) is 11.0 Å². The number of aliphatic hydroxyl groups is 1. The highest BCUT2D eigenvalue weighted by molar-refractivity contribution is 5.83. The van der Waals surface area contributed by atoms with Gasteiger partial charge < -0.3 is 10.0 Å². The molecule has 2 unspecified atom stereocenters. The van der Waals surface area contributed by atoms with E-state index in [9.17, 15) is 14.3 Å². The summed E-state index contributed by atoms with van der Waals surface area (Å²) in [5.41, 5.74) is 0.403. The number of aliphatic hydroxyl groups excluding tert-OH is 1. The average molecular weight is 265 g/mol. The third-order valence-electron chi connectivity index (χ3n) is 3.75.